The molecule has 3 aromatic carbocycles. The van der Waals surface area contributed by atoms with Crippen molar-refractivity contribution in [3.63, 3.8) is 0 Å². The molecular formula is C32H37BrN2O7. The summed E-state index contributed by atoms with van der Waals surface area (Å²) in [6.07, 6.45) is -0.449. The number of halogens is 1. The second kappa shape index (κ2) is 14.7. The number of hydrogen-bond donors (Lipinski definition) is 2. The van der Waals surface area contributed by atoms with Crippen molar-refractivity contribution in [2.75, 3.05) is 14.2 Å². The first-order chi connectivity index (χ1) is 19.9. The van der Waals surface area contributed by atoms with Gasteiger partial charge in [0.2, 0.25) is 5.91 Å². The fourth-order valence-electron chi connectivity index (χ4n) is 4.09. The van der Waals surface area contributed by atoms with Crippen LogP contribution in [0.25, 0.3) is 0 Å². The molecule has 10 heteroatoms. The lowest BCUT2D eigenvalue weighted by Gasteiger charge is -2.31. The van der Waals surface area contributed by atoms with Crippen molar-refractivity contribution < 1.29 is 33.7 Å². The van der Waals surface area contributed by atoms with E-state index in [-0.39, 0.29) is 25.2 Å². The van der Waals surface area contributed by atoms with Crippen molar-refractivity contribution >= 4 is 33.9 Å². The lowest BCUT2D eigenvalue weighted by Crippen LogP contribution is -2.54. The number of phenolic OH excluding ortho intramolecular Hbond substituents is 1. The van der Waals surface area contributed by atoms with Crippen LogP contribution in [-0.2, 0) is 38.5 Å². The van der Waals surface area contributed by atoms with Gasteiger partial charge in [-0.1, -0.05) is 48.5 Å². The third-order valence-electron chi connectivity index (χ3n) is 6.30. The van der Waals surface area contributed by atoms with Gasteiger partial charge in [0.25, 0.3) is 0 Å². The zero-order valence-corrected chi connectivity index (χ0v) is 26.0. The highest BCUT2D eigenvalue weighted by molar-refractivity contribution is 9.10. The highest BCUT2D eigenvalue weighted by atomic mass is 79.9. The number of amides is 2. The van der Waals surface area contributed by atoms with Crippen molar-refractivity contribution in [2.24, 2.45) is 0 Å². The number of aromatic hydroxyl groups is 1. The SMILES string of the molecule is COc1ccc(CC(NC(=O)C(Cc2ccc(O)cc2)N(C)C(=O)OC(C)(C)C)C(=O)OCc2ccccc2)cc1Br. The van der Waals surface area contributed by atoms with Crippen molar-refractivity contribution in [1.29, 1.82) is 0 Å². The minimum Gasteiger partial charge on any atom is -0.508 e. The molecule has 0 aliphatic heterocycles. The van der Waals surface area contributed by atoms with Crippen LogP contribution in [0.3, 0.4) is 0 Å². The number of benzene rings is 3. The maximum atomic E-state index is 13.8. The molecule has 0 heterocycles. The van der Waals surface area contributed by atoms with Crippen LogP contribution in [0.15, 0.2) is 77.3 Å². The molecule has 3 rings (SSSR count). The van der Waals surface area contributed by atoms with Gasteiger partial charge in [0.15, 0.2) is 0 Å². The number of nitrogens with zero attached hydrogens (tertiary/aromatic N) is 1. The van der Waals surface area contributed by atoms with E-state index in [1.165, 1.54) is 24.1 Å². The number of phenols is 1. The predicted molar refractivity (Wildman–Crippen MR) is 162 cm³/mol. The average Bonchev–Trinajstić information content (AvgIpc) is 2.94. The van der Waals surface area contributed by atoms with Gasteiger partial charge in [-0.15, -0.1) is 0 Å². The maximum absolute atomic E-state index is 13.8. The number of methoxy groups -OCH3 is 1. The summed E-state index contributed by atoms with van der Waals surface area (Å²) in [5.41, 5.74) is 1.47. The Morgan fingerprint density at radius 3 is 2.17 bits per heavy atom. The fourth-order valence-corrected chi connectivity index (χ4v) is 4.67. The molecule has 0 saturated heterocycles. The van der Waals surface area contributed by atoms with Crippen molar-refractivity contribution in [3.8, 4) is 11.5 Å². The molecule has 9 nitrogen and oxygen atoms in total. The molecule has 2 amide bonds. The monoisotopic (exact) mass is 640 g/mol. The van der Waals surface area contributed by atoms with Gasteiger partial charge in [-0.2, -0.15) is 0 Å². The summed E-state index contributed by atoms with van der Waals surface area (Å²) in [6, 6.07) is 18.8. The van der Waals surface area contributed by atoms with E-state index >= 15 is 0 Å². The van der Waals surface area contributed by atoms with Gasteiger partial charge in [-0.05, 0) is 77.7 Å². The fraction of sp³-hybridized carbons (Fsp3) is 0.344. The van der Waals surface area contributed by atoms with E-state index in [0.717, 1.165) is 11.1 Å². The third-order valence-corrected chi connectivity index (χ3v) is 6.92. The summed E-state index contributed by atoms with van der Waals surface area (Å²) in [6.45, 7) is 5.24. The van der Waals surface area contributed by atoms with Crippen LogP contribution in [0.5, 0.6) is 11.5 Å². The number of carbonyl (C=O) groups excluding carboxylic acids is 3. The molecule has 0 aliphatic carbocycles. The lowest BCUT2D eigenvalue weighted by atomic mass is 10.0. The van der Waals surface area contributed by atoms with Gasteiger partial charge in [0, 0.05) is 19.9 Å². The first-order valence-electron chi connectivity index (χ1n) is 13.4. The molecule has 2 unspecified atom stereocenters. The third kappa shape index (κ3) is 9.80. The molecule has 0 aromatic heterocycles. The minimum atomic E-state index is -1.06. The van der Waals surface area contributed by atoms with Crippen molar-refractivity contribution in [2.45, 2.75) is 57.9 Å². The van der Waals surface area contributed by atoms with E-state index in [1.54, 1.807) is 52.1 Å². The van der Waals surface area contributed by atoms with Crippen LogP contribution in [0.2, 0.25) is 0 Å². The molecular weight excluding hydrogens is 604 g/mol. The summed E-state index contributed by atoms with van der Waals surface area (Å²) >= 11 is 3.47. The molecule has 0 aliphatic rings. The lowest BCUT2D eigenvalue weighted by molar-refractivity contribution is -0.149. The summed E-state index contributed by atoms with van der Waals surface area (Å²) in [5.74, 6) is -0.487. The molecule has 2 atom stereocenters. The van der Waals surface area contributed by atoms with E-state index in [4.69, 9.17) is 14.2 Å². The average molecular weight is 642 g/mol. The Balaban J connectivity index is 1.88. The van der Waals surface area contributed by atoms with Gasteiger partial charge in [0.1, 0.15) is 35.8 Å². The van der Waals surface area contributed by atoms with Gasteiger partial charge in [0.05, 0.1) is 11.6 Å². The summed E-state index contributed by atoms with van der Waals surface area (Å²) in [7, 11) is 3.03. The quantitative estimate of drug-likeness (QED) is 0.269. The van der Waals surface area contributed by atoms with Crippen molar-refractivity contribution in [3.05, 3.63) is 94.0 Å². The number of carbonyl (C=O) groups is 3. The Morgan fingerprint density at radius 2 is 1.57 bits per heavy atom. The van der Waals surface area contributed by atoms with E-state index in [1.807, 2.05) is 36.4 Å². The van der Waals surface area contributed by atoms with Crippen LogP contribution in [-0.4, -0.2) is 59.8 Å². The molecule has 224 valence electrons. The Hall–Kier alpha value is -4.05. The normalized spacial score (nSPS) is 12.5. The molecule has 0 radical (unpaired) electrons. The first kappa shape index (κ1) is 32.5. The van der Waals surface area contributed by atoms with Crippen LogP contribution in [0, 0.1) is 0 Å². The summed E-state index contributed by atoms with van der Waals surface area (Å²) < 4.78 is 17.1. The van der Waals surface area contributed by atoms with Gasteiger partial charge in [-0.3, -0.25) is 9.69 Å². The number of nitrogens with one attached hydrogen (secondary N) is 1. The van der Waals surface area contributed by atoms with E-state index < -0.39 is 35.7 Å². The molecule has 2 N–H and O–H groups in total. The second-order valence-electron chi connectivity index (χ2n) is 10.8. The standard InChI is InChI=1S/C32H37BrN2O7/c1-32(2,3)42-31(39)35(4)27(19-21-11-14-24(36)15-12-21)29(37)34-26(18-23-13-16-28(40-5)25(33)17-23)30(38)41-20-22-9-7-6-8-10-22/h6-17,26-27,36H,18-20H2,1-5H3,(H,34,37). The van der Waals surface area contributed by atoms with Crippen LogP contribution in [0.4, 0.5) is 4.79 Å². The summed E-state index contributed by atoms with van der Waals surface area (Å²) in [4.78, 5) is 41.4. The number of likely N-dealkylation sites (N-methyl/N-ethyl adjacent to an activating group) is 1. The van der Waals surface area contributed by atoms with Crippen molar-refractivity contribution in [1.82, 2.24) is 10.2 Å². The number of hydrogen-bond acceptors (Lipinski definition) is 7. The van der Waals surface area contributed by atoms with Gasteiger partial charge in [-0.25, -0.2) is 9.59 Å². The number of esters is 1. The zero-order chi connectivity index (χ0) is 30.9. The second-order valence-corrected chi connectivity index (χ2v) is 11.7. The Bertz CT molecular complexity index is 1360. The van der Waals surface area contributed by atoms with Gasteiger partial charge >= 0.3 is 12.1 Å². The number of ether oxygens (including phenoxy) is 3. The van der Waals surface area contributed by atoms with E-state index in [0.29, 0.717) is 15.8 Å². The topological polar surface area (TPSA) is 114 Å². The number of rotatable bonds is 11. The molecule has 3 aromatic rings. The molecule has 0 spiro atoms. The molecule has 42 heavy (non-hydrogen) atoms. The van der Waals surface area contributed by atoms with Crippen LogP contribution >= 0.6 is 15.9 Å². The Morgan fingerprint density at radius 1 is 0.929 bits per heavy atom. The van der Waals surface area contributed by atoms with Crippen LogP contribution in [0.1, 0.15) is 37.5 Å². The molecule has 0 fully saturated rings. The molecule has 0 saturated carbocycles. The van der Waals surface area contributed by atoms with Gasteiger partial charge < -0.3 is 24.6 Å². The smallest absolute Gasteiger partial charge is 0.410 e. The largest absolute Gasteiger partial charge is 0.508 e. The van der Waals surface area contributed by atoms with Crippen LogP contribution < -0.4 is 10.1 Å². The Labute approximate surface area is 254 Å². The maximum Gasteiger partial charge on any atom is 0.410 e. The first-order valence-corrected chi connectivity index (χ1v) is 14.2. The highest BCUT2D eigenvalue weighted by Crippen LogP contribution is 2.26. The van der Waals surface area contributed by atoms with E-state index in [2.05, 4.69) is 21.2 Å². The Kier molecular flexibility index (Phi) is 11.4. The predicted octanol–water partition coefficient (Wildman–Crippen LogP) is 5.41. The summed E-state index contributed by atoms with van der Waals surface area (Å²) in [5, 5.41) is 12.5. The minimum absolute atomic E-state index is 0.0348. The van der Waals surface area contributed by atoms with E-state index in [9.17, 15) is 19.5 Å². The highest BCUT2D eigenvalue weighted by Gasteiger charge is 2.33. The zero-order valence-electron chi connectivity index (χ0n) is 24.4. The molecule has 0 bridgehead atoms.